The Morgan fingerprint density at radius 3 is 2.81 bits per heavy atom. The van der Waals surface area contributed by atoms with Gasteiger partial charge in [-0.05, 0) is 41.1 Å². The van der Waals surface area contributed by atoms with Crippen molar-refractivity contribution in [2.45, 2.75) is 18.9 Å². The molecule has 1 aromatic heterocycles. The second-order valence-corrected chi connectivity index (χ2v) is 7.28. The topological polar surface area (TPSA) is 74.6 Å². The molecule has 0 spiro atoms. The predicted octanol–water partition coefficient (Wildman–Crippen LogP) is 2.74. The zero-order valence-electron chi connectivity index (χ0n) is 15.5. The van der Waals surface area contributed by atoms with Crippen molar-refractivity contribution in [2.24, 2.45) is 0 Å². The summed E-state index contributed by atoms with van der Waals surface area (Å²) in [6.45, 7) is 1.45. The number of carbonyl (C=O) groups excluding carboxylic acids is 1. The summed E-state index contributed by atoms with van der Waals surface area (Å²) in [6, 6.07) is 10.2. The molecule has 142 valence electrons. The summed E-state index contributed by atoms with van der Waals surface area (Å²) in [7, 11) is 3.27. The molecule has 0 saturated heterocycles. The summed E-state index contributed by atoms with van der Waals surface area (Å²) in [6.07, 6.45) is 1.16. The second-order valence-electron chi connectivity index (χ2n) is 6.30. The molecule has 2 aromatic rings. The van der Waals surface area contributed by atoms with Crippen molar-refractivity contribution in [1.29, 1.82) is 5.26 Å². The maximum absolute atomic E-state index is 12.3. The van der Waals surface area contributed by atoms with Gasteiger partial charge >= 0.3 is 0 Å². The summed E-state index contributed by atoms with van der Waals surface area (Å²) in [5.74, 6) is 1.36. The van der Waals surface area contributed by atoms with Gasteiger partial charge < -0.3 is 14.8 Å². The van der Waals surface area contributed by atoms with Crippen LogP contribution < -0.4 is 14.8 Å². The fourth-order valence-electron chi connectivity index (χ4n) is 3.45. The first-order valence-corrected chi connectivity index (χ1v) is 9.71. The van der Waals surface area contributed by atoms with Crippen LogP contribution in [0.4, 0.5) is 0 Å². The monoisotopic (exact) mass is 385 g/mol. The minimum Gasteiger partial charge on any atom is -0.493 e. The number of hydrogen-bond donors (Lipinski definition) is 1. The molecule has 27 heavy (non-hydrogen) atoms. The van der Waals surface area contributed by atoms with Crippen molar-refractivity contribution < 1.29 is 14.3 Å². The minimum absolute atomic E-state index is 0.00438. The molecule has 0 bridgehead atoms. The predicted molar refractivity (Wildman–Crippen MR) is 104 cm³/mol. The van der Waals surface area contributed by atoms with Crippen molar-refractivity contribution in [3.63, 3.8) is 0 Å². The third-order valence-electron chi connectivity index (χ3n) is 4.69. The molecule has 1 atom stereocenters. The van der Waals surface area contributed by atoms with Gasteiger partial charge in [-0.1, -0.05) is 6.07 Å². The number of amides is 1. The highest BCUT2D eigenvalue weighted by molar-refractivity contribution is 7.10. The summed E-state index contributed by atoms with van der Waals surface area (Å²) >= 11 is 1.68. The number of rotatable bonds is 7. The SMILES string of the molecule is COc1cc2c(cc1OC)[C@@H](c1cccs1)N(CC(=O)NCCC#N)CC2. The Balaban J connectivity index is 1.91. The van der Waals surface area contributed by atoms with Gasteiger partial charge in [0.25, 0.3) is 0 Å². The van der Waals surface area contributed by atoms with Gasteiger partial charge in [0.1, 0.15) is 0 Å². The van der Waals surface area contributed by atoms with Crippen LogP contribution in [0.15, 0.2) is 29.6 Å². The molecule has 1 N–H and O–H groups in total. The number of carbonyl (C=O) groups is 1. The zero-order valence-corrected chi connectivity index (χ0v) is 16.3. The number of methoxy groups -OCH3 is 2. The molecular weight excluding hydrogens is 362 g/mol. The van der Waals surface area contributed by atoms with Crippen LogP contribution in [0, 0.1) is 11.3 Å². The molecule has 1 aliphatic rings. The highest BCUT2D eigenvalue weighted by Gasteiger charge is 2.32. The van der Waals surface area contributed by atoms with E-state index >= 15 is 0 Å². The molecule has 0 saturated carbocycles. The lowest BCUT2D eigenvalue weighted by molar-refractivity contribution is -0.122. The molecule has 3 rings (SSSR count). The van der Waals surface area contributed by atoms with Gasteiger partial charge in [-0.3, -0.25) is 9.69 Å². The van der Waals surface area contributed by atoms with Gasteiger partial charge in [0.2, 0.25) is 5.91 Å². The van der Waals surface area contributed by atoms with Crippen LogP contribution in [0.2, 0.25) is 0 Å². The smallest absolute Gasteiger partial charge is 0.234 e. The number of ether oxygens (including phenoxy) is 2. The van der Waals surface area contributed by atoms with Crippen LogP contribution in [-0.4, -0.2) is 44.7 Å². The van der Waals surface area contributed by atoms with E-state index in [1.807, 2.05) is 24.3 Å². The molecule has 1 aromatic carbocycles. The average Bonchev–Trinajstić information content (AvgIpc) is 3.21. The number of fused-ring (bicyclic) bond motifs is 1. The zero-order chi connectivity index (χ0) is 19.2. The highest BCUT2D eigenvalue weighted by atomic mass is 32.1. The number of hydrogen-bond acceptors (Lipinski definition) is 6. The third kappa shape index (κ3) is 4.24. The van der Waals surface area contributed by atoms with E-state index in [1.165, 1.54) is 10.4 Å². The Morgan fingerprint density at radius 1 is 1.37 bits per heavy atom. The van der Waals surface area contributed by atoms with E-state index in [0.717, 1.165) is 24.3 Å². The lowest BCUT2D eigenvalue weighted by Gasteiger charge is -2.37. The molecule has 0 aliphatic carbocycles. The molecule has 0 radical (unpaired) electrons. The molecule has 2 heterocycles. The van der Waals surface area contributed by atoms with Gasteiger partial charge in [0, 0.05) is 18.0 Å². The van der Waals surface area contributed by atoms with E-state index in [1.54, 1.807) is 25.6 Å². The van der Waals surface area contributed by atoms with E-state index in [-0.39, 0.29) is 11.9 Å². The Morgan fingerprint density at radius 2 is 2.15 bits per heavy atom. The standard InChI is InChI=1S/C20H23N3O3S/c1-25-16-11-14-6-9-23(13-19(24)22-8-4-7-21)20(18-5-3-10-27-18)15(14)12-17(16)26-2/h3,5,10-12,20H,4,6,8-9,13H2,1-2H3,(H,22,24)/t20-/m0/s1. The first kappa shape index (κ1) is 19.2. The number of nitriles is 1. The van der Waals surface area contributed by atoms with Crippen molar-refractivity contribution in [3.8, 4) is 17.6 Å². The molecule has 0 unspecified atom stereocenters. The Labute approximate surface area is 163 Å². The van der Waals surface area contributed by atoms with Gasteiger partial charge in [-0.25, -0.2) is 0 Å². The fourth-order valence-corrected chi connectivity index (χ4v) is 4.32. The van der Waals surface area contributed by atoms with Crippen molar-refractivity contribution in [3.05, 3.63) is 45.6 Å². The number of benzene rings is 1. The summed E-state index contributed by atoms with van der Waals surface area (Å²) < 4.78 is 10.9. The highest BCUT2D eigenvalue weighted by Crippen LogP contribution is 2.41. The lowest BCUT2D eigenvalue weighted by Crippen LogP contribution is -2.43. The first-order chi connectivity index (χ1) is 13.2. The van der Waals surface area contributed by atoms with Gasteiger partial charge in [-0.15, -0.1) is 11.3 Å². The van der Waals surface area contributed by atoms with Crippen LogP contribution in [0.3, 0.4) is 0 Å². The summed E-state index contributed by atoms with van der Waals surface area (Å²) in [5.41, 5.74) is 2.36. The van der Waals surface area contributed by atoms with Crippen LogP contribution in [-0.2, 0) is 11.2 Å². The van der Waals surface area contributed by atoms with Gasteiger partial charge in [0.05, 0.1) is 39.3 Å². The Hall–Kier alpha value is -2.56. The molecule has 1 amide bonds. The largest absolute Gasteiger partial charge is 0.493 e. The second kappa shape index (κ2) is 8.89. The number of nitrogens with one attached hydrogen (secondary N) is 1. The number of nitrogens with zero attached hydrogens (tertiary/aromatic N) is 2. The molecular formula is C20H23N3O3S. The van der Waals surface area contributed by atoms with E-state index in [2.05, 4.69) is 21.7 Å². The van der Waals surface area contributed by atoms with Crippen molar-refractivity contribution in [2.75, 3.05) is 33.9 Å². The van der Waals surface area contributed by atoms with E-state index in [4.69, 9.17) is 14.7 Å². The van der Waals surface area contributed by atoms with Gasteiger partial charge in [0.15, 0.2) is 11.5 Å². The Bertz CT molecular complexity index is 830. The number of thiophene rings is 1. The van der Waals surface area contributed by atoms with Gasteiger partial charge in [-0.2, -0.15) is 5.26 Å². The van der Waals surface area contributed by atoms with E-state index < -0.39 is 0 Å². The molecule has 7 heteroatoms. The first-order valence-electron chi connectivity index (χ1n) is 8.83. The van der Waals surface area contributed by atoms with Crippen molar-refractivity contribution in [1.82, 2.24) is 10.2 Å². The quantitative estimate of drug-likeness (QED) is 0.742. The van der Waals surface area contributed by atoms with Crippen molar-refractivity contribution >= 4 is 17.2 Å². The maximum atomic E-state index is 12.3. The van der Waals surface area contributed by atoms with E-state index in [0.29, 0.717) is 25.3 Å². The maximum Gasteiger partial charge on any atom is 0.234 e. The minimum atomic E-state index is -0.0595. The van der Waals surface area contributed by atoms with Crippen LogP contribution in [0.5, 0.6) is 11.5 Å². The Kier molecular flexibility index (Phi) is 6.32. The summed E-state index contributed by atoms with van der Waals surface area (Å²) in [4.78, 5) is 15.7. The molecule has 0 fully saturated rings. The van der Waals surface area contributed by atoms with E-state index in [9.17, 15) is 4.79 Å². The average molecular weight is 385 g/mol. The molecule has 6 nitrogen and oxygen atoms in total. The van der Waals surface area contributed by atoms with Crippen LogP contribution in [0.25, 0.3) is 0 Å². The molecule has 1 aliphatic heterocycles. The summed E-state index contributed by atoms with van der Waals surface area (Å²) in [5, 5.41) is 13.5. The van der Waals surface area contributed by atoms with Crippen LogP contribution >= 0.6 is 11.3 Å². The fraction of sp³-hybridized carbons (Fsp3) is 0.400. The van der Waals surface area contributed by atoms with Crippen LogP contribution in [0.1, 0.15) is 28.5 Å². The third-order valence-corrected chi connectivity index (χ3v) is 5.62. The normalized spacial score (nSPS) is 16.3. The lowest BCUT2D eigenvalue weighted by atomic mass is 9.91.